The van der Waals surface area contributed by atoms with Crippen molar-refractivity contribution in [2.45, 2.75) is 13.0 Å². The molecule has 122 valence electrons. The number of ether oxygens (including phenoxy) is 1. The molecule has 1 amide bonds. The van der Waals surface area contributed by atoms with Crippen molar-refractivity contribution in [2.75, 3.05) is 12.4 Å². The lowest BCUT2D eigenvalue weighted by atomic mass is 10.2. The first-order valence-electron chi connectivity index (χ1n) is 7.56. The Morgan fingerprint density at radius 3 is 2.88 bits per heavy atom. The van der Waals surface area contributed by atoms with E-state index in [0.717, 1.165) is 5.52 Å². The van der Waals surface area contributed by atoms with Crippen LogP contribution in [0.15, 0.2) is 59.5 Å². The zero-order valence-corrected chi connectivity index (χ0v) is 13.2. The van der Waals surface area contributed by atoms with E-state index in [1.807, 2.05) is 30.3 Å². The zero-order valence-electron chi connectivity index (χ0n) is 13.2. The zero-order chi connectivity index (χ0) is 16.9. The molecular weight excluding hydrogens is 306 g/mol. The van der Waals surface area contributed by atoms with E-state index in [1.165, 1.54) is 6.20 Å². The van der Waals surface area contributed by atoms with Gasteiger partial charge in [-0.05, 0) is 24.3 Å². The molecule has 2 aromatic carbocycles. The summed E-state index contributed by atoms with van der Waals surface area (Å²) in [4.78, 5) is 23.9. The number of hydrogen-bond donors (Lipinski definition) is 1. The Morgan fingerprint density at radius 1 is 1.21 bits per heavy atom. The molecule has 0 fully saturated rings. The maximum atomic E-state index is 12.1. The fourth-order valence-corrected chi connectivity index (χ4v) is 2.47. The highest BCUT2D eigenvalue weighted by atomic mass is 16.5. The molecule has 0 bridgehead atoms. The van der Waals surface area contributed by atoms with Crippen molar-refractivity contribution >= 4 is 22.5 Å². The fraction of sp³-hybridized carbons (Fsp3) is 0.167. The predicted molar refractivity (Wildman–Crippen MR) is 92.2 cm³/mol. The number of para-hydroxylation sites is 1. The quantitative estimate of drug-likeness (QED) is 0.782. The van der Waals surface area contributed by atoms with Crippen LogP contribution >= 0.6 is 0 Å². The summed E-state index contributed by atoms with van der Waals surface area (Å²) in [6, 6.07) is 14.4. The van der Waals surface area contributed by atoms with Gasteiger partial charge in [-0.3, -0.25) is 14.3 Å². The monoisotopic (exact) mass is 323 g/mol. The standard InChI is InChI=1S/C18H17N3O3/c1-24-14-6-4-5-13(11-14)20-18(23)9-10-21-16-8-3-2-7-15(16)17(22)12-19-21/h2-8,11-12H,9-10H2,1H3,(H,20,23). The van der Waals surface area contributed by atoms with Crippen molar-refractivity contribution in [3.8, 4) is 5.75 Å². The molecule has 6 nitrogen and oxygen atoms in total. The number of carbonyl (C=O) groups excluding carboxylic acids is 1. The second-order valence-corrected chi connectivity index (χ2v) is 5.28. The van der Waals surface area contributed by atoms with Gasteiger partial charge in [0.2, 0.25) is 11.3 Å². The fourth-order valence-electron chi connectivity index (χ4n) is 2.47. The second kappa shape index (κ2) is 6.95. The summed E-state index contributed by atoms with van der Waals surface area (Å²) in [5.74, 6) is 0.550. The third-order valence-electron chi connectivity index (χ3n) is 3.67. The van der Waals surface area contributed by atoms with Crippen LogP contribution in [0.3, 0.4) is 0 Å². The van der Waals surface area contributed by atoms with E-state index >= 15 is 0 Å². The number of methoxy groups -OCH3 is 1. The number of aromatic nitrogens is 2. The Bertz CT molecular complexity index is 934. The first-order chi connectivity index (χ1) is 11.7. The van der Waals surface area contributed by atoms with Gasteiger partial charge in [0.25, 0.3) is 0 Å². The van der Waals surface area contributed by atoms with E-state index in [1.54, 1.807) is 30.0 Å². The number of benzene rings is 2. The molecule has 0 aliphatic carbocycles. The summed E-state index contributed by atoms with van der Waals surface area (Å²) in [6.07, 6.45) is 1.53. The number of aryl methyl sites for hydroxylation is 1. The highest BCUT2D eigenvalue weighted by Gasteiger charge is 2.07. The van der Waals surface area contributed by atoms with Gasteiger partial charge in [-0.2, -0.15) is 5.10 Å². The van der Waals surface area contributed by atoms with Gasteiger partial charge in [-0.1, -0.05) is 18.2 Å². The van der Waals surface area contributed by atoms with Crippen LogP contribution in [-0.2, 0) is 11.3 Å². The van der Waals surface area contributed by atoms with Gasteiger partial charge < -0.3 is 10.1 Å². The van der Waals surface area contributed by atoms with Gasteiger partial charge in [0.05, 0.1) is 25.4 Å². The number of rotatable bonds is 5. The number of anilines is 1. The molecule has 0 saturated carbocycles. The highest BCUT2D eigenvalue weighted by Crippen LogP contribution is 2.17. The largest absolute Gasteiger partial charge is 0.497 e. The van der Waals surface area contributed by atoms with E-state index in [4.69, 9.17) is 4.74 Å². The van der Waals surface area contributed by atoms with Crippen LogP contribution in [0.5, 0.6) is 5.75 Å². The summed E-state index contributed by atoms with van der Waals surface area (Å²) in [5, 5.41) is 7.54. The van der Waals surface area contributed by atoms with Crippen LogP contribution < -0.4 is 15.5 Å². The molecule has 1 heterocycles. The molecule has 0 saturated heterocycles. The van der Waals surface area contributed by atoms with Crippen molar-refractivity contribution in [1.82, 2.24) is 9.78 Å². The van der Waals surface area contributed by atoms with E-state index < -0.39 is 0 Å². The normalized spacial score (nSPS) is 10.5. The first-order valence-corrected chi connectivity index (χ1v) is 7.56. The molecule has 3 rings (SSSR count). The number of carbonyl (C=O) groups is 1. The maximum Gasteiger partial charge on any atom is 0.226 e. The van der Waals surface area contributed by atoms with Gasteiger partial charge in [0.15, 0.2) is 0 Å². The Kier molecular flexibility index (Phi) is 4.56. The molecule has 3 aromatic rings. The Morgan fingerprint density at radius 2 is 2.04 bits per heavy atom. The maximum absolute atomic E-state index is 12.1. The lowest BCUT2D eigenvalue weighted by molar-refractivity contribution is -0.116. The number of nitrogens with one attached hydrogen (secondary N) is 1. The minimum atomic E-state index is -0.132. The van der Waals surface area contributed by atoms with E-state index in [2.05, 4.69) is 10.4 Å². The van der Waals surface area contributed by atoms with E-state index in [-0.39, 0.29) is 17.8 Å². The third kappa shape index (κ3) is 3.43. The first kappa shape index (κ1) is 15.7. The summed E-state index contributed by atoms with van der Waals surface area (Å²) in [5.41, 5.74) is 1.28. The Balaban J connectivity index is 1.70. The number of amides is 1. The second-order valence-electron chi connectivity index (χ2n) is 5.28. The van der Waals surface area contributed by atoms with Gasteiger partial charge in [0, 0.05) is 23.6 Å². The van der Waals surface area contributed by atoms with Crippen molar-refractivity contribution < 1.29 is 9.53 Å². The summed E-state index contributed by atoms with van der Waals surface area (Å²) >= 11 is 0. The lowest BCUT2D eigenvalue weighted by Crippen LogP contribution is -2.18. The van der Waals surface area contributed by atoms with E-state index in [9.17, 15) is 9.59 Å². The van der Waals surface area contributed by atoms with Gasteiger partial charge in [0.1, 0.15) is 5.75 Å². The van der Waals surface area contributed by atoms with Crippen molar-refractivity contribution in [3.05, 3.63) is 65.0 Å². The van der Waals surface area contributed by atoms with Crippen LogP contribution in [0.4, 0.5) is 5.69 Å². The van der Waals surface area contributed by atoms with Crippen LogP contribution in [-0.4, -0.2) is 22.8 Å². The smallest absolute Gasteiger partial charge is 0.226 e. The molecule has 0 radical (unpaired) electrons. The average molecular weight is 323 g/mol. The molecule has 0 aliphatic rings. The average Bonchev–Trinajstić information content (AvgIpc) is 2.61. The van der Waals surface area contributed by atoms with Gasteiger partial charge >= 0.3 is 0 Å². The summed E-state index contributed by atoms with van der Waals surface area (Å²) in [7, 11) is 1.58. The highest BCUT2D eigenvalue weighted by molar-refractivity contribution is 5.91. The Labute approximate surface area is 138 Å². The molecule has 0 unspecified atom stereocenters. The molecule has 1 N–H and O–H groups in total. The molecule has 0 atom stereocenters. The van der Waals surface area contributed by atoms with Crippen LogP contribution in [0.1, 0.15) is 6.42 Å². The minimum absolute atomic E-state index is 0.123. The number of hydrogen-bond acceptors (Lipinski definition) is 4. The van der Waals surface area contributed by atoms with Crippen molar-refractivity contribution in [1.29, 1.82) is 0 Å². The third-order valence-corrected chi connectivity index (χ3v) is 3.67. The molecule has 1 aromatic heterocycles. The predicted octanol–water partition coefficient (Wildman–Crippen LogP) is 2.43. The van der Waals surface area contributed by atoms with Crippen LogP contribution in [0, 0.1) is 0 Å². The number of fused-ring (bicyclic) bond motifs is 1. The summed E-state index contributed by atoms with van der Waals surface area (Å²) in [6.45, 7) is 0.386. The molecule has 6 heteroatoms. The van der Waals surface area contributed by atoms with E-state index in [0.29, 0.717) is 23.4 Å². The molecule has 24 heavy (non-hydrogen) atoms. The van der Waals surface area contributed by atoms with Crippen molar-refractivity contribution in [2.24, 2.45) is 0 Å². The van der Waals surface area contributed by atoms with Crippen LogP contribution in [0.2, 0.25) is 0 Å². The Hall–Kier alpha value is -3.15. The molecular formula is C18H17N3O3. The van der Waals surface area contributed by atoms with Gasteiger partial charge in [-0.25, -0.2) is 0 Å². The van der Waals surface area contributed by atoms with Gasteiger partial charge in [-0.15, -0.1) is 0 Å². The SMILES string of the molecule is COc1cccc(NC(=O)CCn2ncc(=O)c3ccccc32)c1. The molecule has 0 aliphatic heterocycles. The molecule has 0 spiro atoms. The van der Waals surface area contributed by atoms with Crippen LogP contribution in [0.25, 0.3) is 10.9 Å². The lowest BCUT2D eigenvalue weighted by Gasteiger charge is -2.10. The van der Waals surface area contributed by atoms with Crippen molar-refractivity contribution in [3.63, 3.8) is 0 Å². The topological polar surface area (TPSA) is 73.2 Å². The minimum Gasteiger partial charge on any atom is -0.497 e. The summed E-state index contributed by atoms with van der Waals surface area (Å²) < 4.78 is 6.80. The number of nitrogens with zero attached hydrogens (tertiary/aromatic N) is 2.